The van der Waals surface area contributed by atoms with Gasteiger partial charge in [0, 0.05) is 19.0 Å². The topological polar surface area (TPSA) is 93.3 Å². The van der Waals surface area contributed by atoms with E-state index in [0.717, 1.165) is 11.3 Å². The molecule has 0 radical (unpaired) electrons. The summed E-state index contributed by atoms with van der Waals surface area (Å²) >= 11 is 0. The second kappa shape index (κ2) is 8.24. The molecule has 0 aliphatic carbocycles. The first-order chi connectivity index (χ1) is 13.0. The van der Waals surface area contributed by atoms with E-state index in [0.29, 0.717) is 18.0 Å². The standard InChI is InChI=1S/C19H21N3O4S/c1-25-15-8-9-17(26-2)18(12-15)27(23,24)21-11-10-19-20-13-16(22-19)14-6-4-3-5-7-14/h3-9,12-13,21H,10-11H2,1-2H3,(H,20,22). The molecule has 2 aromatic carbocycles. The molecule has 0 bridgehead atoms. The molecule has 0 spiro atoms. The lowest BCUT2D eigenvalue weighted by Crippen LogP contribution is -2.26. The van der Waals surface area contributed by atoms with Crippen molar-refractivity contribution in [3.8, 4) is 22.8 Å². The summed E-state index contributed by atoms with van der Waals surface area (Å²) in [5.74, 6) is 1.40. The van der Waals surface area contributed by atoms with E-state index in [4.69, 9.17) is 9.47 Å². The van der Waals surface area contributed by atoms with Gasteiger partial charge in [0.1, 0.15) is 22.2 Å². The van der Waals surface area contributed by atoms with Gasteiger partial charge in [0.25, 0.3) is 0 Å². The Kier molecular flexibility index (Phi) is 5.78. The molecule has 7 nitrogen and oxygen atoms in total. The molecule has 27 heavy (non-hydrogen) atoms. The van der Waals surface area contributed by atoms with Crippen molar-refractivity contribution < 1.29 is 17.9 Å². The minimum atomic E-state index is -3.75. The van der Waals surface area contributed by atoms with Crippen molar-refractivity contribution in [2.75, 3.05) is 20.8 Å². The monoisotopic (exact) mass is 387 g/mol. The van der Waals surface area contributed by atoms with Gasteiger partial charge in [-0.3, -0.25) is 0 Å². The summed E-state index contributed by atoms with van der Waals surface area (Å²) in [5, 5.41) is 0. The van der Waals surface area contributed by atoms with Gasteiger partial charge >= 0.3 is 0 Å². The third-order valence-electron chi connectivity index (χ3n) is 4.03. The summed E-state index contributed by atoms with van der Waals surface area (Å²) in [5.41, 5.74) is 1.92. The highest BCUT2D eigenvalue weighted by Gasteiger charge is 2.20. The number of sulfonamides is 1. The Morgan fingerprint density at radius 2 is 1.85 bits per heavy atom. The molecule has 142 valence electrons. The zero-order valence-corrected chi connectivity index (χ0v) is 15.9. The molecular weight excluding hydrogens is 366 g/mol. The fourth-order valence-electron chi connectivity index (χ4n) is 2.63. The Morgan fingerprint density at radius 1 is 1.07 bits per heavy atom. The van der Waals surface area contributed by atoms with Crippen molar-refractivity contribution in [1.29, 1.82) is 0 Å². The van der Waals surface area contributed by atoms with Gasteiger partial charge in [-0.25, -0.2) is 18.1 Å². The Balaban J connectivity index is 1.67. The van der Waals surface area contributed by atoms with Gasteiger partial charge in [-0.1, -0.05) is 30.3 Å². The molecule has 2 N–H and O–H groups in total. The van der Waals surface area contributed by atoms with Gasteiger partial charge in [0.2, 0.25) is 10.0 Å². The van der Waals surface area contributed by atoms with Crippen molar-refractivity contribution in [3.63, 3.8) is 0 Å². The van der Waals surface area contributed by atoms with Crippen molar-refractivity contribution in [2.24, 2.45) is 0 Å². The van der Waals surface area contributed by atoms with Crippen molar-refractivity contribution >= 4 is 10.0 Å². The molecule has 1 aromatic heterocycles. The summed E-state index contributed by atoms with van der Waals surface area (Å²) < 4.78 is 38.1. The zero-order chi connectivity index (χ0) is 19.3. The highest BCUT2D eigenvalue weighted by atomic mass is 32.2. The van der Waals surface area contributed by atoms with Gasteiger partial charge in [-0.05, 0) is 17.7 Å². The Hall–Kier alpha value is -2.84. The lowest BCUT2D eigenvalue weighted by atomic mass is 10.2. The minimum Gasteiger partial charge on any atom is -0.497 e. The van der Waals surface area contributed by atoms with Crippen molar-refractivity contribution in [2.45, 2.75) is 11.3 Å². The van der Waals surface area contributed by atoms with Crippen LogP contribution in [0.5, 0.6) is 11.5 Å². The first-order valence-corrected chi connectivity index (χ1v) is 9.83. The summed E-state index contributed by atoms with van der Waals surface area (Å²) in [6.07, 6.45) is 2.17. The van der Waals surface area contributed by atoms with E-state index in [-0.39, 0.29) is 17.2 Å². The second-order valence-electron chi connectivity index (χ2n) is 5.77. The number of hydrogen-bond donors (Lipinski definition) is 2. The van der Waals surface area contributed by atoms with Crippen LogP contribution in [0, 0.1) is 0 Å². The maximum atomic E-state index is 12.6. The lowest BCUT2D eigenvalue weighted by Gasteiger charge is -2.11. The number of rotatable bonds is 8. The van der Waals surface area contributed by atoms with Crippen LogP contribution in [-0.2, 0) is 16.4 Å². The smallest absolute Gasteiger partial charge is 0.244 e. The quantitative estimate of drug-likeness (QED) is 0.620. The van der Waals surface area contributed by atoms with Gasteiger partial charge in [0.05, 0.1) is 26.1 Å². The van der Waals surface area contributed by atoms with Gasteiger partial charge < -0.3 is 14.5 Å². The number of nitrogens with one attached hydrogen (secondary N) is 2. The van der Waals surface area contributed by atoms with Crippen LogP contribution >= 0.6 is 0 Å². The highest BCUT2D eigenvalue weighted by Crippen LogP contribution is 2.28. The molecule has 8 heteroatoms. The number of H-pyrrole nitrogens is 1. The van der Waals surface area contributed by atoms with Gasteiger partial charge in [0.15, 0.2) is 0 Å². The number of methoxy groups -OCH3 is 2. The molecule has 0 unspecified atom stereocenters. The summed E-state index contributed by atoms with van der Waals surface area (Å²) in [7, 11) is -0.843. The Bertz CT molecular complexity index is 1000. The largest absolute Gasteiger partial charge is 0.497 e. The zero-order valence-electron chi connectivity index (χ0n) is 15.1. The number of imidazole rings is 1. The number of hydrogen-bond acceptors (Lipinski definition) is 5. The second-order valence-corrected chi connectivity index (χ2v) is 7.51. The number of nitrogens with zero attached hydrogens (tertiary/aromatic N) is 1. The van der Waals surface area contributed by atoms with E-state index in [9.17, 15) is 8.42 Å². The SMILES string of the molecule is COc1ccc(OC)c(S(=O)(=O)NCCc2ncc(-c3ccccc3)[nH]2)c1. The van der Waals surface area contributed by atoms with Crippen LogP contribution in [0.2, 0.25) is 0 Å². The summed E-state index contributed by atoms with van der Waals surface area (Å²) in [6, 6.07) is 14.4. The van der Waals surface area contributed by atoms with Crippen LogP contribution in [0.1, 0.15) is 5.82 Å². The van der Waals surface area contributed by atoms with Crippen molar-refractivity contribution in [3.05, 3.63) is 60.6 Å². The van der Waals surface area contributed by atoms with E-state index in [2.05, 4.69) is 14.7 Å². The average Bonchev–Trinajstić information content (AvgIpc) is 3.17. The molecule has 0 amide bonds. The molecule has 0 fully saturated rings. The molecule has 0 saturated carbocycles. The van der Waals surface area contributed by atoms with Crippen LogP contribution < -0.4 is 14.2 Å². The number of aromatic nitrogens is 2. The number of benzene rings is 2. The molecule has 0 atom stereocenters. The molecule has 0 aliphatic rings. The predicted molar refractivity (Wildman–Crippen MR) is 102 cm³/mol. The maximum absolute atomic E-state index is 12.6. The van der Waals surface area contributed by atoms with Crippen LogP contribution in [0.15, 0.2) is 59.6 Å². The first-order valence-electron chi connectivity index (χ1n) is 8.34. The lowest BCUT2D eigenvalue weighted by molar-refractivity contribution is 0.392. The normalized spacial score (nSPS) is 11.3. The molecule has 3 aromatic rings. The van der Waals surface area contributed by atoms with E-state index in [1.54, 1.807) is 18.3 Å². The third kappa shape index (κ3) is 4.47. The fraction of sp³-hybridized carbons (Fsp3) is 0.211. The van der Waals surface area contributed by atoms with Gasteiger partial charge in [-0.15, -0.1) is 0 Å². The molecular formula is C19H21N3O4S. The maximum Gasteiger partial charge on any atom is 0.244 e. The van der Waals surface area contributed by atoms with E-state index >= 15 is 0 Å². The van der Waals surface area contributed by atoms with Crippen molar-refractivity contribution in [1.82, 2.24) is 14.7 Å². The average molecular weight is 387 g/mol. The molecule has 3 rings (SSSR count). The summed E-state index contributed by atoms with van der Waals surface area (Å²) in [4.78, 5) is 7.55. The van der Waals surface area contributed by atoms with Crippen LogP contribution in [0.4, 0.5) is 0 Å². The Labute approximate surface area is 158 Å². The highest BCUT2D eigenvalue weighted by molar-refractivity contribution is 7.89. The number of aromatic amines is 1. The fourth-order valence-corrected chi connectivity index (χ4v) is 3.84. The number of ether oxygens (including phenoxy) is 2. The van der Waals surface area contributed by atoms with Crippen LogP contribution in [0.25, 0.3) is 11.3 Å². The summed E-state index contributed by atoms with van der Waals surface area (Å²) in [6.45, 7) is 0.199. The Morgan fingerprint density at radius 3 is 2.56 bits per heavy atom. The third-order valence-corrected chi connectivity index (χ3v) is 5.51. The van der Waals surface area contributed by atoms with E-state index < -0.39 is 10.0 Å². The minimum absolute atomic E-state index is 0.0359. The van der Waals surface area contributed by atoms with Crippen LogP contribution in [0.3, 0.4) is 0 Å². The predicted octanol–water partition coefficient (Wildman–Crippen LogP) is 2.61. The van der Waals surface area contributed by atoms with E-state index in [1.807, 2.05) is 30.3 Å². The molecule has 0 aliphatic heterocycles. The molecule has 1 heterocycles. The van der Waals surface area contributed by atoms with Crippen LogP contribution in [-0.4, -0.2) is 39.2 Å². The van der Waals surface area contributed by atoms with Gasteiger partial charge in [-0.2, -0.15) is 0 Å². The van der Waals surface area contributed by atoms with E-state index in [1.165, 1.54) is 20.3 Å². The molecule has 0 saturated heterocycles. The first kappa shape index (κ1) is 18.9.